The number of nitrogens with one attached hydrogen (secondary N) is 2. The van der Waals surface area contributed by atoms with Gasteiger partial charge in [0.1, 0.15) is 5.65 Å². The smallest absolute Gasteiger partial charge is 0.261 e. The quantitative estimate of drug-likeness (QED) is 0.544. The number of aromatic amines is 2. The van der Waals surface area contributed by atoms with Crippen LogP contribution in [0.2, 0.25) is 0 Å². The van der Waals surface area contributed by atoms with Crippen LogP contribution >= 0.6 is 0 Å². The summed E-state index contributed by atoms with van der Waals surface area (Å²) in [5.41, 5.74) is 8.15. The number of hydrogen-bond donors (Lipinski definition) is 3. The molecule has 0 saturated carbocycles. The van der Waals surface area contributed by atoms with E-state index in [1.165, 1.54) is 16.3 Å². The highest BCUT2D eigenvalue weighted by Gasteiger charge is 2.07. The van der Waals surface area contributed by atoms with Gasteiger partial charge in [-0.1, -0.05) is 42.5 Å². The van der Waals surface area contributed by atoms with Gasteiger partial charge in [0.15, 0.2) is 0 Å². The molecule has 0 spiro atoms. The summed E-state index contributed by atoms with van der Waals surface area (Å²) in [5, 5.41) is 3.04. The molecule has 2 heterocycles. The van der Waals surface area contributed by atoms with E-state index in [0.29, 0.717) is 11.0 Å². The summed E-state index contributed by atoms with van der Waals surface area (Å²) in [6, 6.07) is 16.7. The Labute approximate surface area is 132 Å². The molecule has 23 heavy (non-hydrogen) atoms. The second-order valence-electron chi connectivity index (χ2n) is 5.69. The standard InChI is InChI=1S/C18H16N4O/c19-18-21-16-15(17(23)22-18)10-14(20-16)8-6-11-5-7-12-3-1-2-4-13(12)9-11/h1-5,7,9-10H,6,8H2,(H4,19,20,21,22,23). The third-order valence-electron chi connectivity index (χ3n) is 4.07. The molecule has 4 aromatic rings. The minimum absolute atomic E-state index is 0.130. The summed E-state index contributed by atoms with van der Waals surface area (Å²) in [4.78, 5) is 21.6. The number of nitrogens with zero attached hydrogens (tertiary/aromatic N) is 1. The molecule has 5 nitrogen and oxygen atoms in total. The number of aromatic nitrogens is 3. The highest BCUT2D eigenvalue weighted by Crippen LogP contribution is 2.18. The number of benzene rings is 2. The van der Waals surface area contributed by atoms with Crippen LogP contribution in [-0.4, -0.2) is 15.0 Å². The lowest BCUT2D eigenvalue weighted by Gasteiger charge is -2.03. The minimum atomic E-state index is -0.208. The highest BCUT2D eigenvalue weighted by molar-refractivity contribution is 5.83. The first-order valence-electron chi connectivity index (χ1n) is 7.54. The van der Waals surface area contributed by atoms with Gasteiger partial charge < -0.3 is 10.7 Å². The number of H-pyrrole nitrogens is 2. The fraction of sp³-hybridized carbons (Fsp3) is 0.111. The fourth-order valence-corrected chi connectivity index (χ4v) is 2.90. The van der Waals surface area contributed by atoms with Gasteiger partial charge in [0.2, 0.25) is 5.95 Å². The Bertz CT molecular complexity index is 1060. The van der Waals surface area contributed by atoms with Crippen molar-refractivity contribution in [1.29, 1.82) is 0 Å². The number of fused-ring (bicyclic) bond motifs is 2. The molecule has 0 fully saturated rings. The van der Waals surface area contributed by atoms with Crippen molar-refractivity contribution in [3.63, 3.8) is 0 Å². The molecule has 2 aromatic heterocycles. The normalized spacial score (nSPS) is 11.3. The largest absolute Gasteiger partial charge is 0.369 e. The van der Waals surface area contributed by atoms with E-state index < -0.39 is 0 Å². The molecule has 0 radical (unpaired) electrons. The number of aryl methyl sites for hydroxylation is 2. The van der Waals surface area contributed by atoms with Gasteiger partial charge >= 0.3 is 0 Å². The van der Waals surface area contributed by atoms with E-state index >= 15 is 0 Å². The van der Waals surface area contributed by atoms with Gasteiger partial charge in [-0.15, -0.1) is 0 Å². The average Bonchev–Trinajstić information content (AvgIpc) is 2.96. The van der Waals surface area contributed by atoms with Crippen molar-refractivity contribution in [2.45, 2.75) is 12.8 Å². The van der Waals surface area contributed by atoms with Gasteiger partial charge in [0, 0.05) is 5.69 Å². The summed E-state index contributed by atoms with van der Waals surface area (Å²) in [6.45, 7) is 0. The molecule has 0 aliphatic heterocycles. The van der Waals surface area contributed by atoms with Crippen LogP contribution in [-0.2, 0) is 12.8 Å². The molecule has 0 saturated heterocycles. The van der Waals surface area contributed by atoms with E-state index in [4.69, 9.17) is 5.73 Å². The van der Waals surface area contributed by atoms with E-state index in [1.54, 1.807) is 0 Å². The van der Waals surface area contributed by atoms with E-state index in [-0.39, 0.29) is 11.5 Å². The minimum Gasteiger partial charge on any atom is -0.369 e. The van der Waals surface area contributed by atoms with Crippen molar-refractivity contribution in [2.24, 2.45) is 0 Å². The van der Waals surface area contributed by atoms with Crippen molar-refractivity contribution >= 4 is 27.8 Å². The first-order valence-corrected chi connectivity index (χ1v) is 7.54. The fourth-order valence-electron chi connectivity index (χ4n) is 2.90. The SMILES string of the molecule is Nc1nc2[nH]c(CCc3ccc4ccccc4c3)cc2c(=O)[nH]1. The Hall–Kier alpha value is -3.08. The molecule has 4 N–H and O–H groups in total. The predicted octanol–water partition coefficient (Wildman–Crippen LogP) is 2.77. The Morgan fingerprint density at radius 1 is 0.957 bits per heavy atom. The average molecular weight is 304 g/mol. The maximum atomic E-state index is 11.8. The van der Waals surface area contributed by atoms with E-state index in [2.05, 4.69) is 45.3 Å². The lowest BCUT2D eigenvalue weighted by molar-refractivity contribution is 0.930. The van der Waals surface area contributed by atoms with Crippen molar-refractivity contribution in [3.05, 3.63) is 70.1 Å². The summed E-state index contributed by atoms with van der Waals surface area (Å²) in [6.07, 6.45) is 1.71. The highest BCUT2D eigenvalue weighted by atomic mass is 16.1. The Morgan fingerprint density at radius 3 is 2.65 bits per heavy atom. The zero-order chi connectivity index (χ0) is 15.8. The summed E-state index contributed by atoms with van der Waals surface area (Å²) >= 11 is 0. The van der Waals surface area contributed by atoms with E-state index in [9.17, 15) is 4.79 Å². The molecule has 2 aromatic carbocycles. The second-order valence-corrected chi connectivity index (χ2v) is 5.69. The molecular weight excluding hydrogens is 288 g/mol. The molecule has 5 heteroatoms. The molecular formula is C18H16N4O. The molecule has 0 aliphatic carbocycles. The zero-order valence-corrected chi connectivity index (χ0v) is 12.5. The number of anilines is 1. The molecule has 0 amide bonds. The Morgan fingerprint density at radius 2 is 1.78 bits per heavy atom. The van der Waals surface area contributed by atoms with Gasteiger partial charge in [-0.2, -0.15) is 4.98 Å². The Kier molecular flexibility index (Phi) is 3.12. The second kappa shape index (κ2) is 5.28. The first-order chi connectivity index (χ1) is 11.2. The van der Waals surface area contributed by atoms with Crippen LogP contribution in [0.5, 0.6) is 0 Å². The van der Waals surface area contributed by atoms with Crippen LogP contribution in [0.1, 0.15) is 11.3 Å². The van der Waals surface area contributed by atoms with Gasteiger partial charge in [-0.3, -0.25) is 9.78 Å². The maximum absolute atomic E-state index is 11.8. The number of rotatable bonds is 3. The third-order valence-corrected chi connectivity index (χ3v) is 4.07. The number of nitrogen functional groups attached to an aromatic ring is 1. The van der Waals surface area contributed by atoms with Gasteiger partial charge in [-0.25, -0.2) is 0 Å². The van der Waals surface area contributed by atoms with Crippen LogP contribution in [0.3, 0.4) is 0 Å². The van der Waals surface area contributed by atoms with Crippen LogP contribution in [0.15, 0.2) is 53.3 Å². The number of hydrogen-bond acceptors (Lipinski definition) is 3. The van der Waals surface area contributed by atoms with Crippen molar-refractivity contribution in [3.8, 4) is 0 Å². The predicted molar refractivity (Wildman–Crippen MR) is 92.5 cm³/mol. The van der Waals surface area contributed by atoms with E-state index in [1.807, 2.05) is 18.2 Å². The van der Waals surface area contributed by atoms with E-state index in [0.717, 1.165) is 18.5 Å². The summed E-state index contributed by atoms with van der Waals surface area (Å²) in [7, 11) is 0. The van der Waals surface area contributed by atoms with Gasteiger partial charge in [0.25, 0.3) is 5.56 Å². The van der Waals surface area contributed by atoms with Crippen molar-refractivity contribution < 1.29 is 0 Å². The molecule has 0 atom stereocenters. The third kappa shape index (κ3) is 2.57. The number of nitrogens with two attached hydrogens (primary N) is 1. The van der Waals surface area contributed by atoms with Gasteiger partial charge in [-0.05, 0) is 35.2 Å². The van der Waals surface area contributed by atoms with Gasteiger partial charge in [0.05, 0.1) is 5.39 Å². The first kappa shape index (κ1) is 13.6. The molecule has 114 valence electrons. The summed E-state index contributed by atoms with van der Waals surface area (Å²) < 4.78 is 0. The Balaban J connectivity index is 1.60. The van der Waals surface area contributed by atoms with Crippen LogP contribution in [0.4, 0.5) is 5.95 Å². The monoisotopic (exact) mass is 304 g/mol. The zero-order valence-electron chi connectivity index (χ0n) is 12.5. The molecule has 0 aliphatic rings. The van der Waals surface area contributed by atoms with Crippen molar-refractivity contribution in [2.75, 3.05) is 5.73 Å². The lowest BCUT2D eigenvalue weighted by Crippen LogP contribution is -2.09. The lowest BCUT2D eigenvalue weighted by atomic mass is 10.0. The molecule has 0 bridgehead atoms. The van der Waals surface area contributed by atoms with Crippen LogP contribution in [0.25, 0.3) is 21.8 Å². The molecule has 0 unspecified atom stereocenters. The van der Waals surface area contributed by atoms with Crippen LogP contribution in [0, 0.1) is 0 Å². The molecule has 4 rings (SSSR count). The van der Waals surface area contributed by atoms with Crippen LogP contribution < -0.4 is 11.3 Å². The summed E-state index contributed by atoms with van der Waals surface area (Å²) in [5.74, 6) is 0.130. The van der Waals surface area contributed by atoms with Crippen molar-refractivity contribution in [1.82, 2.24) is 15.0 Å². The topological polar surface area (TPSA) is 87.6 Å². The maximum Gasteiger partial charge on any atom is 0.261 e.